The number of Topliss-reactive ketones (excluding diaryl/α,β-unsaturated/α-hetero) is 1. The number of benzene rings is 2. The molecule has 1 fully saturated rings. The first-order valence-electron chi connectivity index (χ1n) is 12.0. The first-order chi connectivity index (χ1) is 17.9. The van der Waals surface area contributed by atoms with Gasteiger partial charge in [-0.3, -0.25) is 9.59 Å². The van der Waals surface area contributed by atoms with Crippen LogP contribution in [-0.2, 0) is 13.2 Å². The topological polar surface area (TPSA) is 86.5 Å². The van der Waals surface area contributed by atoms with Crippen molar-refractivity contribution in [2.75, 3.05) is 25.0 Å². The summed E-state index contributed by atoms with van der Waals surface area (Å²) in [5.41, 5.74) is 2.12. The predicted molar refractivity (Wildman–Crippen MR) is 131 cm³/mol. The van der Waals surface area contributed by atoms with Gasteiger partial charge in [0.2, 0.25) is 0 Å². The maximum atomic E-state index is 14.9. The van der Waals surface area contributed by atoms with Crippen LogP contribution in [0.1, 0.15) is 50.2 Å². The number of amides is 1. The van der Waals surface area contributed by atoms with Gasteiger partial charge in [0, 0.05) is 54.5 Å². The van der Waals surface area contributed by atoms with Gasteiger partial charge in [0.05, 0.1) is 12.1 Å². The van der Waals surface area contributed by atoms with E-state index in [4.69, 9.17) is 10.00 Å². The van der Waals surface area contributed by atoms with Gasteiger partial charge in [0.15, 0.2) is 17.4 Å². The van der Waals surface area contributed by atoms with Crippen molar-refractivity contribution < 1.29 is 23.1 Å². The number of pyridine rings is 1. The van der Waals surface area contributed by atoms with Gasteiger partial charge in [-0.25, -0.2) is 13.8 Å². The monoisotopic (exact) mass is 502 g/mol. The highest BCUT2D eigenvalue weighted by atomic mass is 19.1. The predicted octanol–water partition coefficient (Wildman–Crippen LogP) is 4.50. The molecule has 2 aromatic carbocycles. The Hall–Kier alpha value is -4.32. The SMILES string of the molecule is CN1Cc2c(OCc3ccc(C(=O)C4CCN(c5ncc(C#N)cc5F)CC4)cc3F)cccc2C1=O. The number of hydrogen-bond donors (Lipinski definition) is 0. The number of halogens is 2. The summed E-state index contributed by atoms with van der Waals surface area (Å²) in [5.74, 6) is -0.924. The maximum absolute atomic E-state index is 14.9. The number of carbonyl (C=O) groups is 2. The third-order valence-corrected chi connectivity index (χ3v) is 6.94. The van der Waals surface area contributed by atoms with Crippen molar-refractivity contribution in [2.45, 2.75) is 26.0 Å². The number of anilines is 1. The van der Waals surface area contributed by atoms with Gasteiger partial charge < -0.3 is 14.5 Å². The van der Waals surface area contributed by atoms with Crippen molar-refractivity contribution in [3.63, 3.8) is 0 Å². The van der Waals surface area contributed by atoms with E-state index >= 15 is 0 Å². The van der Waals surface area contributed by atoms with Crippen LogP contribution in [0.4, 0.5) is 14.6 Å². The molecule has 0 aliphatic carbocycles. The second-order valence-electron chi connectivity index (χ2n) is 9.31. The van der Waals surface area contributed by atoms with Crippen molar-refractivity contribution >= 4 is 17.5 Å². The Kier molecular flexibility index (Phi) is 6.57. The van der Waals surface area contributed by atoms with Crippen LogP contribution in [-0.4, -0.2) is 41.7 Å². The highest BCUT2D eigenvalue weighted by molar-refractivity contribution is 5.99. The number of piperidine rings is 1. The van der Waals surface area contributed by atoms with E-state index in [1.807, 2.05) is 6.07 Å². The van der Waals surface area contributed by atoms with Crippen molar-refractivity contribution in [3.05, 3.63) is 88.1 Å². The summed E-state index contributed by atoms with van der Waals surface area (Å²) in [6.45, 7) is 1.27. The number of rotatable bonds is 6. The Morgan fingerprint density at radius 3 is 2.65 bits per heavy atom. The van der Waals surface area contributed by atoms with Crippen molar-refractivity contribution in [1.82, 2.24) is 9.88 Å². The summed E-state index contributed by atoms with van der Waals surface area (Å²) in [4.78, 5) is 32.6. The lowest BCUT2D eigenvalue weighted by Gasteiger charge is -2.32. The van der Waals surface area contributed by atoms with E-state index in [9.17, 15) is 18.4 Å². The number of ether oxygens (including phenoxy) is 1. The number of nitrogens with zero attached hydrogens (tertiary/aromatic N) is 4. The summed E-state index contributed by atoms with van der Waals surface area (Å²) in [6.07, 6.45) is 2.30. The standard InChI is InChI=1S/C28H24F2N4O3/c1-33-15-22-21(28(33)36)3-2-4-25(22)37-16-20-6-5-19(12-23(20)29)26(35)18-7-9-34(10-8-18)27-24(30)11-17(13-31)14-32-27/h2-6,11-12,14,18H,7-10,15-16H2,1H3. The molecular formula is C28H24F2N4O3. The molecule has 0 N–H and O–H groups in total. The Balaban J connectivity index is 1.21. The summed E-state index contributed by atoms with van der Waals surface area (Å²) >= 11 is 0. The van der Waals surface area contributed by atoms with Crippen LogP contribution in [0.5, 0.6) is 5.75 Å². The average molecular weight is 503 g/mol. The lowest BCUT2D eigenvalue weighted by molar-refractivity contribution is 0.0815. The third-order valence-electron chi connectivity index (χ3n) is 6.94. The molecule has 5 rings (SSSR count). The summed E-state index contributed by atoms with van der Waals surface area (Å²) in [6, 6.07) is 12.6. The van der Waals surface area contributed by atoms with E-state index in [0.29, 0.717) is 49.4 Å². The first-order valence-corrected chi connectivity index (χ1v) is 12.0. The van der Waals surface area contributed by atoms with E-state index in [0.717, 1.165) is 11.6 Å². The molecule has 0 unspecified atom stereocenters. The van der Waals surface area contributed by atoms with Crippen molar-refractivity contribution in [1.29, 1.82) is 5.26 Å². The molecule has 1 amide bonds. The largest absolute Gasteiger partial charge is 0.488 e. The second-order valence-corrected chi connectivity index (χ2v) is 9.31. The molecule has 2 aliphatic heterocycles. The lowest BCUT2D eigenvalue weighted by Crippen LogP contribution is -2.37. The van der Waals surface area contributed by atoms with Gasteiger partial charge in [0.25, 0.3) is 5.91 Å². The van der Waals surface area contributed by atoms with Crippen LogP contribution in [0.15, 0.2) is 48.7 Å². The molecule has 0 saturated carbocycles. The molecule has 2 aliphatic rings. The van der Waals surface area contributed by atoms with Crippen LogP contribution in [0.3, 0.4) is 0 Å². The van der Waals surface area contributed by atoms with Gasteiger partial charge in [-0.05, 0) is 37.1 Å². The number of ketones is 1. The summed E-state index contributed by atoms with van der Waals surface area (Å²) in [7, 11) is 1.72. The number of fused-ring (bicyclic) bond motifs is 1. The number of aromatic nitrogens is 1. The van der Waals surface area contributed by atoms with E-state index in [2.05, 4.69) is 4.98 Å². The third kappa shape index (κ3) is 4.75. The van der Waals surface area contributed by atoms with E-state index in [1.54, 1.807) is 47.2 Å². The fourth-order valence-electron chi connectivity index (χ4n) is 4.87. The van der Waals surface area contributed by atoms with Crippen LogP contribution < -0.4 is 9.64 Å². The molecule has 0 bridgehead atoms. The molecular weight excluding hydrogens is 478 g/mol. The van der Waals surface area contributed by atoms with Gasteiger partial charge in [-0.15, -0.1) is 0 Å². The molecule has 188 valence electrons. The summed E-state index contributed by atoms with van der Waals surface area (Å²) in [5, 5.41) is 8.88. The molecule has 0 radical (unpaired) electrons. The van der Waals surface area contributed by atoms with Crippen LogP contribution in [0.25, 0.3) is 0 Å². The maximum Gasteiger partial charge on any atom is 0.254 e. The highest BCUT2D eigenvalue weighted by Crippen LogP contribution is 2.31. The number of hydrogen-bond acceptors (Lipinski definition) is 6. The fourth-order valence-corrected chi connectivity index (χ4v) is 4.87. The molecule has 7 nitrogen and oxygen atoms in total. The zero-order chi connectivity index (χ0) is 26.1. The van der Waals surface area contributed by atoms with E-state index in [1.165, 1.54) is 12.3 Å². The van der Waals surface area contributed by atoms with E-state index < -0.39 is 11.6 Å². The van der Waals surface area contributed by atoms with Crippen LogP contribution >= 0.6 is 0 Å². The molecule has 3 heterocycles. The Morgan fingerprint density at radius 1 is 1.16 bits per heavy atom. The molecule has 0 atom stereocenters. The highest BCUT2D eigenvalue weighted by Gasteiger charge is 2.29. The minimum Gasteiger partial charge on any atom is -0.488 e. The number of carbonyl (C=O) groups excluding carboxylic acids is 2. The van der Waals surface area contributed by atoms with Crippen molar-refractivity contribution in [2.24, 2.45) is 5.92 Å². The Labute approximate surface area is 212 Å². The minimum absolute atomic E-state index is 0.0315. The lowest BCUT2D eigenvalue weighted by atomic mass is 9.88. The zero-order valence-electron chi connectivity index (χ0n) is 20.2. The quantitative estimate of drug-likeness (QED) is 0.462. The molecule has 3 aromatic rings. The first kappa shape index (κ1) is 24.4. The Bertz CT molecular complexity index is 1430. The molecule has 1 saturated heterocycles. The average Bonchev–Trinajstić information content (AvgIpc) is 3.21. The fraction of sp³-hybridized carbons (Fsp3) is 0.286. The normalized spacial score (nSPS) is 15.5. The van der Waals surface area contributed by atoms with Gasteiger partial charge in [0.1, 0.15) is 24.2 Å². The van der Waals surface area contributed by atoms with E-state index in [-0.39, 0.29) is 41.2 Å². The molecule has 37 heavy (non-hydrogen) atoms. The minimum atomic E-state index is -0.567. The second kappa shape index (κ2) is 9.97. The van der Waals surface area contributed by atoms with Gasteiger partial charge in [-0.1, -0.05) is 18.2 Å². The van der Waals surface area contributed by atoms with Gasteiger partial charge in [-0.2, -0.15) is 5.26 Å². The molecule has 0 spiro atoms. The Morgan fingerprint density at radius 2 is 1.95 bits per heavy atom. The zero-order valence-corrected chi connectivity index (χ0v) is 20.2. The molecule has 9 heteroatoms. The van der Waals surface area contributed by atoms with Crippen molar-refractivity contribution in [3.8, 4) is 11.8 Å². The van der Waals surface area contributed by atoms with Crippen LogP contribution in [0.2, 0.25) is 0 Å². The summed E-state index contributed by atoms with van der Waals surface area (Å²) < 4.78 is 35.0. The van der Waals surface area contributed by atoms with Crippen LogP contribution in [0, 0.1) is 28.9 Å². The number of nitriles is 1. The molecule has 1 aromatic heterocycles. The smallest absolute Gasteiger partial charge is 0.254 e. The van der Waals surface area contributed by atoms with Gasteiger partial charge >= 0.3 is 0 Å².